The highest BCUT2D eigenvalue weighted by atomic mass is 35.5. The molecule has 164 valence electrons. The fraction of sp³-hybridized carbons (Fsp3) is 0.739. The first-order valence-corrected chi connectivity index (χ1v) is 11.8. The normalized spacial score (nSPS) is 15.5. The predicted molar refractivity (Wildman–Crippen MR) is 122 cm³/mol. The number of hydrogen-bond acceptors (Lipinski definition) is 4. The van der Waals surface area contributed by atoms with Crippen molar-refractivity contribution in [2.45, 2.75) is 64.2 Å². The molecule has 0 bridgehead atoms. The van der Waals surface area contributed by atoms with Crippen LogP contribution in [0.15, 0.2) is 18.3 Å². The quantitative estimate of drug-likeness (QED) is 0.351. The molecule has 0 aliphatic carbocycles. The van der Waals surface area contributed by atoms with Gasteiger partial charge in [0.2, 0.25) is 0 Å². The van der Waals surface area contributed by atoms with E-state index < -0.39 is 0 Å². The Morgan fingerprint density at radius 1 is 0.966 bits per heavy atom. The summed E-state index contributed by atoms with van der Waals surface area (Å²) in [7, 11) is 2.22. The van der Waals surface area contributed by atoms with Crippen molar-refractivity contribution in [3.8, 4) is 0 Å². The average Bonchev–Trinajstić information content (AvgIpc) is 2.73. The van der Waals surface area contributed by atoms with Gasteiger partial charge in [0.25, 0.3) is 5.91 Å². The number of nitrogens with zero attached hydrogens (tertiary/aromatic N) is 3. The summed E-state index contributed by atoms with van der Waals surface area (Å²) >= 11 is 5.93. The Kier molecular flexibility index (Phi) is 12.3. The van der Waals surface area contributed by atoms with Gasteiger partial charge in [0.15, 0.2) is 0 Å². The minimum atomic E-state index is -0.129. The summed E-state index contributed by atoms with van der Waals surface area (Å²) in [6, 6.07) is 3.44. The molecule has 2 rings (SSSR count). The number of hydrogen-bond donors (Lipinski definition) is 1. The van der Waals surface area contributed by atoms with Gasteiger partial charge in [-0.25, -0.2) is 4.98 Å². The van der Waals surface area contributed by atoms with Crippen molar-refractivity contribution >= 4 is 17.5 Å². The summed E-state index contributed by atoms with van der Waals surface area (Å²) < 4.78 is 0. The average molecular weight is 423 g/mol. The Labute approximate surface area is 182 Å². The van der Waals surface area contributed by atoms with Crippen LogP contribution < -0.4 is 5.32 Å². The topological polar surface area (TPSA) is 48.5 Å². The van der Waals surface area contributed by atoms with Gasteiger partial charge < -0.3 is 15.1 Å². The summed E-state index contributed by atoms with van der Waals surface area (Å²) in [6.07, 6.45) is 14.6. The van der Waals surface area contributed by atoms with Crippen LogP contribution in [0.25, 0.3) is 0 Å². The minimum Gasteiger partial charge on any atom is -0.352 e. The summed E-state index contributed by atoms with van der Waals surface area (Å²) in [4.78, 5) is 21.0. The van der Waals surface area contributed by atoms with Gasteiger partial charge in [0.05, 0.1) is 5.56 Å². The van der Waals surface area contributed by atoms with E-state index in [1.54, 1.807) is 18.3 Å². The highest BCUT2D eigenvalue weighted by molar-refractivity contribution is 6.32. The van der Waals surface area contributed by atoms with Crippen LogP contribution in [0.4, 0.5) is 0 Å². The molecule has 1 amide bonds. The Balaban J connectivity index is 1.32. The van der Waals surface area contributed by atoms with E-state index in [1.165, 1.54) is 90.5 Å². The van der Waals surface area contributed by atoms with E-state index in [4.69, 9.17) is 11.6 Å². The molecular weight excluding hydrogens is 384 g/mol. The van der Waals surface area contributed by atoms with Crippen molar-refractivity contribution < 1.29 is 4.79 Å². The lowest BCUT2D eigenvalue weighted by Crippen LogP contribution is -2.44. The van der Waals surface area contributed by atoms with E-state index in [0.717, 1.165) is 6.42 Å². The molecule has 6 heteroatoms. The highest BCUT2D eigenvalue weighted by Crippen LogP contribution is 2.12. The summed E-state index contributed by atoms with van der Waals surface area (Å²) in [5.74, 6) is -0.129. The molecule has 0 saturated carbocycles. The molecular formula is C23H39ClN4O. The number of pyridine rings is 1. The standard InChI is InChI=1S/C23H39ClN4O/c1-27-17-19-28(20-18-27)16-11-9-7-5-3-2-4-6-8-10-14-26-23(29)21-13-12-15-25-22(21)24/h12-13,15H,2-11,14,16-20H2,1H3,(H,26,29). The zero-order valence-electron chi connectivity index (χ0n) is 18.2. The second kappa shape index (κ2) is 14.8. The SMILES string of the molecule is CN1CCN(CCCCCCCCCCCCNC(=O)c2cccnc2Cl)CC1. The number of halogens is 1. The van der Waals surface area contributed by atoms with Crippen LogP contribution in [-0.4, -0.2) is 67.0 Å². The third-order valence-electron chi connectivity index (χ3n) is 5.79. The molecule has 0 radical (unpaired) electrons. The molecule has 0 atom stereocenters. The molecule has 0 spiro atoms. The third-order valence-corrected chi connectivity index (χ3v) is 6.09. The number of piperazine rings is 1. The number of likely N-dealkylation sites (N-methyl/N-ethyl adjacent to an activating group) is 1. The van der Waals surface area contributed by atoms with E-state index in [9.17, 15) is 4.79 Å². The van der Waals surface area contributed by atoms with E-state index in [1.807, 2.05) is 0 Å². The van der Waals surface area contributed by atoms with Crippen molar-refractivity contribution in [2.75, 3.05) is 46.3 Å². The number of rotatable bonds is 14. The fourth-order valence-electron chi connectivity index (χ4n) is 3.80. The van der Waals surface area contributed by atoms with Crippen LogP contribution in [-0.2, 0) is 0 Å². The van der Waals surface area contributed by atoms with E-state index in [-0.39, 0.29) is 11.1 Å². The number of unbranched alkanes of at least 4 members (excludes halogenated alkanes) is 9. The summed E-state index contributed by atoms with van der Waals surface area (Å²) in [5.41, 5.74) is 0.456. The Morgan fingerprint density at radius 3 is 2.17 bits per heavy atom. The monoisotopic (exact) mass is 422 g/mol. The van der Waals surface area contributed by atoms with Gasteiger partial charge in [-0.05, 0) is 38.6 Å². The number of amides is 1. The van der Waals surface area contributed by atoms with Gasteiger partial charge in [-0.15, -0.1) is 0 Å². The van der Waals surface area contributed by atoms with Crippen molar-refractivity contribution in [1.29, 1.82) is 0 Å². The minimum absolute atomic E-state index is 0.129. The van der Waals surface area contributed by atoms with Crippen LogP contribution in [0.2, 0.25) is 5.15 Å². The molecule has 29 heavy (non-hydrogen) atoms. The Hall–Kier alpha value is -1.17. The lowest BCUT2D eigenvalue weighted by Gasteiger charge is -2.32. The molecule has 1 N–H and O–H groups in total. The fourth-order valence-corrected chi connectivity index (χ4v) is 4.00. The predicted octanol–water partition coefficient (Wildman–Crippen LogP) is 4.61. The number of aromatic nitrogens is 1. The van der Waals surface area contributed by atoms with Gasteiger partial charge in [-0.3, -0.25) is 4.79 Å². The molecule has 2 heterocycles. The Bertz CT molecular complexity index is 576. The maximum atomic E-state index is 12.0. The van der Waals surface area contributed by atoms with Crippen molar-refractivity contribution in [3.05, 3.63) is 29.0 Å². The lowest BCUT2D eigenvalue weighted by molar-refractivity contribution is 0.0952. The second-order valence-electron chi connectivity index (χ2n) is 8.28. The second-order valence-corrected chi connectivity index (χ2v) is 8.64. The van der Waals surface area contributed by atoms with Gasteiger partial charge in [0, 0.05) is 38.9 Å². The maximum absolute atomic E-state index is 12.0. The van der Waals surface area contributed by atoms with Crippen molar-refractivity contribution in [3.63, 3.8) is 0 Å². The zero-order valence-corrected chi connectivity index (χ0v) is 18.9. The van der Waals surface area contributed by atoms with Crippen LogP contribution in [0.1, 0.15) is 74.6 Å². The molecule has 1 aliphatic rings. The van der Waals surface area contributed by atoms with Crippen LogP contribution in [0, 0.1) is 0 Å². The van der Waals surface area contributed by atoms with Gasteiger partial charge in [0.1, 0.15) is 5.15 Å². The van der Waals surface area contributed by atoms with Crippen LogP contribution in [0.5, 0.6) is 0 Å². The lowest BCUT2D eigenvalue weighted by atomic mass is 10.1. The first-order valence-electron chi connectivity index (χ1n) is 11.5. The van der Waals surface area contributed by atoms with Crippen LogP contribution >= 0.6 is 11.6 Å². The summed E-state index contributed by atoms with van der Waals surface area (Å²) in [6.45, 7) is 6.94. The molecule has 1 aliphatic heterocycles. The van der Waals surface area contributed by atoms with Gasteiger partial charge in [-0.1, -0.05) is 63.0 Å². The van der Waals surface area contributed by atoms with Crippen molar-refractivity contribution in [2.24, 2.45) is 0 Å². The van der Waals surface area contributed by atoms with Crippen LogP contribution in [0.3, 0.4) is 0 Å². The van der Waals surface area contributed by atoms with E-state index in [2.05, 4.69) is 27.1 Å². The summed E-state index contributed by atoms with van der Waals surface area (Å²) in [5, 5.41) is 3.20. The first kappa shape index (κ1) is 24.1. The zero-order chi connectivity index (χ0) is 20.7. The number of nitrogens with one attached hydrogen (secondary N) is 1. The molecule has 1 fully saturated rings. The smallest absolute Gasteiger partial charge is 0.254 e. The largest absolute Gasteiger partial charge is 0.352 e. The molecule has 5 nitrogen and oxygen atoms in total. The number of carbonyl (C=O) groups is 1. The molecule has 0 aromatic carbocycles. The molecule has 0 unspecified atom stereocenters. The molecule has 1 saturated heterocycles. The van der Waals surface area contributed by atoms with Gasteiger partial charge in [-0.2, -0.15) is 0 Å². The third kappa shape index (κ3) is 10.4. The molecule has 1 aromatic rings. The van der Waals surface area contributed by atoms with E-state index >= 15 is 0 Å². The van der Waals surface area contributed by atoms with Gasteiger partial charge >= 0.3 is 0 Å². The maximum Gasteiger partial charge on any atom is 0.254 e. The molecule has 1 aromatic heterocycles. The highest BCUT2D eigenvalue weighted by Gasteiger charge is 2.12. The number of carbonyl (C=O) groups excluding carboxylic acids is 1. The van der Waals surface area contributed by atoms with Crippen molar-refractivity contribution in [1.82, 2.24) is 20.1 Å². The Morgan fingerprint density at radius 2 is 1.55 bits per heavy atom. The van der Waals surface area contributed by atoms with E-state index in [0.29, 0.717) is 12.1 Å². The first-order chi connectivity index (χ1) is 14.2.